The number of unbranched alkanes of at least 4 members (excludes halogenated alkanes) is 1. The Balaban J connectivity index is 2.25. The molecule has 5 heteroatoms. The zero-order chi connectivity index (χ0) is 14.0. The van der Waals surface area contributed by atoms with Gasteiger partial charge in [0.15, 0.2) is 5.78 Å². The number of carbonyl (C=O) groups is 1. The summed E-state index contributed by atoms with van der Waals surface area (Å²) in [5.74, 6) is 1.26. The van der Waals surface area contributed by atoms with Gasteiger partial charge in [-0.1, -0.05) is 29.6 Å². The number of ketones is 1. The first-order valence-electron chi connectivity index (χ1n) is 6.25. The number of hydrogen-bond donors (Lipinski definition) is 0. The Morgan fingerprint density at radius 1 is 1.32 bits per heavy atom. The highest BCUT2D eigenvalue weighted by molar-refractivity contribution is 6.45. The summed E-state index contributed by atoms with van der Waals surface area (Å²) >= 11 is 17.9. The van der Waals surface area contributed by atoms with Gasteiger partial charge in [0.1, 0.15) is 10.8 Å². The molecule has 0 unspecified atom stereocenters. The molecule has 0 spiro atoms. The van der Waals surface area contributed by atoms with Crippen molar-refractivity contribution in [1.29, 1.82) is 0 Å². The third kappa shape index (κ3) is 2.86. The number of halogens is 3. The SMILES string of the molecule is COc1cc2c(c(Cl)c1Cl)C(=O)[C@H](CCCCCl)C2. The Morgan fingerprint density at radius 2 is 2.05 bits per heavy atom. The molecule has 0 saturated carbocycles. The number of hydrogen-bond acceptors (Lipinski definition) is 2. The van der Waals surface area contributed by atoms with Crippen molar-refractivity contribution >= 4 is 40.6 Å². The zero-order valence-corrected chi connectivity index (χ0v) is 12.9. The first kappa shape index (κ1) is 15.0. The van der Waals surface area contributed by atoms with Crippen LogP contribution in [0.2, 0.25) is 10.0 Å². The van der Waals surface area contributed by atoms with Crippen molar-refractivity contribution in [2.75, 3.05) is 13.0 Å². The second-order valence-corrected chi connectivity index (χ2v) is 5.82. The zero-order valence-electron chi connectivity index (χ0n) is 10.6. The fourth-order valence-electron chi connectivity index (χ4n) is 2.51. The van der Waals surface area contributed by atoms with Crippen LogP contribution in [0.15, 0.2) is 6.07 Å². The van der Waals surface area contributed by atoms with Crippen LogP contribution in [-0.4, -0.2) is 18.8 Å². The molecule has 0 heterocycles. The molecule has 1 aromatic carbocycles. The number of Topliss-reactive ketones (excluding diaryl/α,β-unsaturated/α-hetero) is 1. The van der Waals surface area contributed by atoms with E-state index in [-0.39, 0.29) is 11.7 Å². The number of ether oxygens (including phenoxy) is 1. The molecule has 0 aromatic heterocycles. The van der Waals surface area contributed by atoms with Crippen molar-refractivity contribution in [2.24, 2.45) is 5.92 Å². The largest absolute Gasteiger partial charge is 0.495 e. The van der Waals surface area contributed by atoms with Crippen molar-refractivity contribution in [3.63, 3.8) is 0 Å². The molecule has 104 valence electrons. The van der Waals surface area contributed by atoms with Gasteiger partial charge in [-0.15, -0.1) is 11.6 Å². The summed E-state index contributed by atoms with van der Waals surface area (Å²) in [5, 5.41) is 0.638. The number of methoxy groups -OCH3 is 1. The van der Waals surface area contributed by atoms with Gasteiger partial charge >= 0.3 is 0 Å². The number of benzene rings is 1. The molecule has 19 heavy (non-hydrogen) atoms. The maximum Gasteiger partial charge on any atom is 0.168 e. The Hall–Kier alpha value is -0.440. The first-order valence-corrected chi connectivity index (χ1v) is 7.54. The summed E-state index contributed by atoms with van der Waals surface area (Å²) in [6, 6.07) is 1.82. The molecule has 2 nitrogen and oxygen atoms in total. The average molecular weight is 322 g/mol. The average Bonchev–Trinajstić information content (AvgIpc) is 2.71. The molecule has 1 aromatic rings. The predicted molar refractivity (Wildman–Crippen MR) is 79.1 cm³/mol. The van der Waals surface area contributed by atoms with E-state index in [0.717, 1.165) is 24.8 Å². The van der Waals surface area contributed by atoms with E-state index in [4.69, 9.17) is 39.5 Å². The van der Waals surface area contributed by atoms with Crippen molar-refractivity contribution in [1.82, 2.24) is 0 Å². The smallest absolute Gasteiger partial charge is 0.168 e. The van der Waals surface area contributed by atoms with Crippen molar-refractivity contribution in [3.05, 3.63) is 27.2 Å². The molecule has 1 aliphatic rings. The summed E-state index contributed by atoms with van der Waals surface area (Å²) < 4.78 is 5.17. The van der Waals surface area contributed by atoms with Crippen molar-refractivity contribution in [2.45, 2.75) is 25.7 Å². The van der Waals surface area contributed by atoms with Crippen molar-refractivity contribution < 1.29 is 9.53 Å². The van der Waals surface area contributed by atoms with Gasteiger partial charge in [-0.2, -0.15) is 0 Å². The van der Waals surface area contributed by atoms with Crippen LogP contribution in [0.1, 0.15) is 35.2 Å². The third-order valence-corrected chi connectivity index (χ3v) is 4.61. The summed E-state index contributed by atoms with van der Waals surface area (Å²) in [7, 11) is 1.54. The number of fused-ring (bicyclic) bond motifs is 1. The molecule has 0 N–H and O–H groups in total. The third-order valence-electron chi connectivity index (χ3n) is 3.49. The van der Waals surface area contributed by atoms with Gasteiger partial charge in [0.05, 0.1) is 12.1 Å². The topological polar surface area (TPSA) is 26.3 Å². The molecule has 1 aliphatic carbocycles. The van der Waals surface area contributed by atoms with Crippen molar-refractivity contribution in [3.8, 4) is 5.75 Å². The number of rotatable bonds is 5. The van der Waals surface area contributed by atoms with Gasteiger partial charge in [0.25, 0.3) is 0 Å². The van der Waals surface area contributed by atoms with E-state index >= 15 is 0 Å². The van der Waals surface area contributed by atoms with Gasteiger partial charge in [-0.25, -0.2) is 0 Å². The second kappa shape index (κ2) is 6.34. The molecule has 0 aliphatic heterocycles. The van der Waals surface area contributed by atoms with E-state index in [0.29, 0.717) is 33.7 Å². The lowest BCUT2D eigenvalue weighted by Gasteiger charge is -2.08. The van der Waals surface area contributed by atoms with E-state index in [9.17, 15) is 4.79 Å². The normalized spacial score (nSPS) is 17.7. The van der Waals surface area contributed by atoms with E-state index in [1.54, 1.807) is 7.11 Å². The summed E-state index contributed by atoms with van der Waals surface area (Å²) in [6.07, 6.45) is 3.44. The number of alkyl halides is 1. The Kier molecular flexibility index (Phi) is 4.99. The van der Waals surface area contributed by atoms with Crippen LogP contribution in [-0.2, 0) is 6.42 Å². The lowest BCUT2D eigenvalue weighted by Crippen LogP contribution is -2.09. The van der Waals surface area contributed by atoms with Crippen LogP contribution in [0.25, 0.3) is 0 Å². The summed E-state index contributed by atoms with van der Waals surface area (Å²) in [5.41, 5.74) is 1.51. The van der Waals surface area contributed by atoms with E-state index in [1.165, 1.54) is 0 Å². The van der Waals surface area contributed by atoms with E-state index in [1.807, 2.05) is 6.07 Å². The van der Waals surface area contributed by atoms with E-state index < -0.39 is 0 Å². The second-order valence-electron chi connectivity index (χ2n) is 4.69. The van der Waals surface area contributed by atoms with E-state index in [2.05, 4.69) is 0 Å². The highest BCUT2D eigenvalue weighted by Gasteiger charge is 2.34. The standard InChI is InChI=1S/C14H15Cl3O2/c1-19-10-7-9-6-8(4-2-3-5-15)14(18)11(9)13(17)12(10)16/h7-8H,2-6H2,1H3/t8-/m1/s1. The van der Waals surface area contributed by atoms with Crippen LogP contribution >= 0.6 is 34.8 Å². The molecule has 0 bridgehead atoms. The Labute approximate surface area is 128 Å². The quantitative estimate of drug-likeness (QED) is 0.577. The Bertz CT molecular complexity index is 500. The molecular formula is C14H15Cl3O2. The molecule has 2 rings (SSSR count). The van der Waals surface area contributed by atoms with Crippen LogP contribution < -0.4 is 4.74 Å². The fourth-order valence-corrected chi connectivity index (χ4v) is 3.23. The highest BCUT2D eigenvalue weighted by Crippen LogP contribution is 2.42. The van der Waals surface area contributed by atoms with Crippen LogP contribution in [0.5, 0.6) is 5.75 Å². The summed E-state index contributed by atoms with van der Waals surface area (Å²) in [4.78, 5) is 12.3. The summed E-state index contributed by atoms with van der Waals surface area (Å²) in [6.45, 7) is 0. The van der Waals surface area contributed by atoms with Crippen LogP contribution in [0.4, 0.5) is 0 Å². The minimum absolute atomic E-state index is 0.00103. The monoisotopic (exact) mass is 320 g/mol. The molecule has 0 fully saturated rings. The Morgan fingerprint density at radius 3 is 2.68 bits per heavy atom. The lowest BCUT2D eigenvalue weighted by atomic mass is 9.98. The van der Waals surface area contributed by atoms with Gasteiger partial charge in [-0.3, -0.25) is 4.79 Å². The minimum Gasteiger partial charge on any atom is -0.495 e. The predicted octanol–water partition coefficient (Wildman–Crippen LogP) is 4.77. The van der Waals surface area contributed by atoms with Crippen LogP contribution in [0, 0.1) is 5.92 Å². The first-order chi connectivity index (χ1) is 9.10. The molecule has 0 amide bonds. The van der Waals surface area contributed by atoms with Gasteiger partial charge in [-0.05, 0) is 30.9 Å². The van der Waals surface area contributed by atoms with Gasteiger partial charge in [0.2, 0.25) is 0 Å². The highest BCUT2D eigenvalue weighted by atomic mass is 35.5. The maximum absolute atomic E-state index is 12.3. The number of carbonyl (C=O) groups excluding carboxylic acids is 1. The van der Waals surface area contributed by atoms with Gasteiger partial charge in [0, 0.05) is 17.4 Å². The molecule has 1 atom stereocenters. The van der Waals surface area contributed by atoms with Gasteiger partial charge < -0.3 is 4.74 Å². The molecule has 0 saturated heterocycles. The molecular weight excluding hydrogens is 307 g/mol. The lowest BCUT2D eigenvalue weighted by molar-refractivity contribution is 0.0929. The maximum atomic E-state index is 12.3. The molecule has 0 radical (unpaired) electrons. The fraction of sp³-hybridized carbons (Fsp3) is 0.500. The minimum atomic E-state index is -0.00103. The van der Waals surface area contributed by atoms with Crippen LogP contribution in [0.3, 0.4) is 0 Å².